The van der Waals surface area contributed by atoms with Crippen molar-refractivity contribution in [3.05, 3.63) is 85.1 Å². The van der Waals surface area contributed by atoms with Crippen LogP contribution in [0.3, 0.4) is 0 Å². The van der Waals surface area contributed by atoms with Crippen LogP contribution in [0.25, 0.3) is 0 Å². The van der Waals surface area contributed by atoms with Gasteiger partial charge in [0.2, 0.25) is 0 Å². The number of esters is 3. The topological polar surface area (TPSA) is 78.9 Å². The molecule has 0 fully saturated rings. The number of ether oxygens (including phenoxy) is 3. The molecule has 0 amide bonds. The van der Waals surface area contributed by atoms with Gasteiger partial charge in [-0.1, -0.05) is 311 Å². The first kappa shape index (κ1) is 74.6. The molecule has 1 atom stereocenters. The van der Waals surface area contributed by atoms with E-state index >= 15 is 0 Å². The Morgan fingerprint density at radius 3 is 0.795 bits per heavy atom. The van der Waals surface area contributed by atoms with E-state index in [0.717, 1.165) is 122 Å². The second kappa shape index (κ2) is 66.1. The third-order valence-corrected chi connectivity index (χ3v) is 14.6. The smallest absolute Gasteiger partial charge is 0.306 e. The second-order valence-corrected chi connectivity index (χ2v) is 22.3. The van der Waals surface area contributed by atoms with Gasteiger partial charge in [0.05, 0.1) is 0 Å². The van der Waals surface area contributed by atoms with Crippen LogP contribution in [0.4, 0.5) is 0 Å². The number of hydrogen-bond acceptors (Lipinski definition) is 6. The number of carbonyl (C=O) groups is 3. The first-order chi connectivity index (χ1) is 38.5. The zero-order valence-corrected chi connectivity index (χ0v) is 51.7. The number of unbranched alkanes of at least 4 members (excludes halogenated alkanes) is 36. The van der Waals surface area contributed by atoms with Gasteiger partial charge in [-0.15, -0.1) is 0 Å². The van der Waals surface area contributed by atoms with Crippen LogP contribution in [-0.4, -0.2) is 37.2 Å². The van der Waals surface area contributed by atoms with E-state index in [4.69, 9.17) is 14.2 Å². The van der Waals surface area contributed by atoms with Gasteiger partial charge in [0, 0.05) is 19.3 Å². The first-order valence-corrected chi connectivity index (χ1v) is 33.6. The van der Waals surface area contributed by atoms with E-state index in [9.17, 15) is 14.4 Å². The van der Waals surface area contributed by atoms with Crippen LogP contribution in [-0.2, 0) is 28.6 Å². The molecule has 0 rings (SSSR count). The summed E-state index contributed by atoms with van der Waals surface area (Å²) in [6.07, 6.45) is 87.7. The highest BCUT2D eigenvalue weighted by molar-refractivity contribution is 5.71. The van der Waals surface area contributed by atoms with Gasteiger partial charge in [0.1, 0.15) is 13.2 Å². The largest absolute Gasteiger partial charge is 0.462 e. The molecule has 6 heteroatoms. The lowest BCUT2D eigenvalue weighted by Gasteiger charge is -2.18. The van der Waals surface area contributed by atoms with Gasteiger partial charge >= 0.3 is 17.9 Å². The summed E-state index contributed by atoms with van der Waals surface area (Å²) in [6, 6.07) is 0. The maximum Gasteiger partial charge on any atom is 0.306 e. The summed E-state index contributed by atoms with van der Waals surface area (Å²) in [6.45, 7) is 6.40. The van der Waals surface area contributed by atoms with E-state index in [1.807, 2.05) is 0 Å². The van der Waals surface area contributed by atoms with Gasteiger partial charge in [-0.3, -0.25) is 14.4 Å². The lowest BCUT2D eigenvalue weighted by molar-refractivity contribution is -0.167. The number of carbonyl (C=O) groups excluding carboxylic acids is 3. The first-order valence-electron chi connectivity index (χ1n) is 33.6. The monoisotopic (exact) mass is 1090 g/mol. The number of rotatable bonds is 61. The number of hydrogen-bond donors (Lipinski definition) is 0. The molecule has 0 aromatic heterocycles. The van der Waals surface area contributed by atoms with E-state index in [2.05, 4.69) is 106 Å². The summed E-state index contributed by atoms with van der Waals surface area (Å²) in [4.78, 5) is 38.3. The predicted octanol–water partition coefficient (Wildman–Crippen LogP) is 23.1. The van der Waals surface area contributed by atoms with E-state index in [1.54, 1.807) is 0 Å². The molecule has 0 aromatic carbocycles. The minimum absolute atomic E-state index is 0.0940. The molecule has 0 aliphatic rings. The zero-order valence-electron chi connectivity index (χ0n) is 51.7. The molecule has 0 aliphatic carbocycles. The molecule has 0 aromatic rings. The van der Waals surface area contributed by atoms with Gasteiger partial charge in [0.15, 0.2) is 6.10 Å². The maximum absolute atomic E-state index is 12.9. The van der Waals surface area contributed by atoms with Crippen LogP contribution in [0.5, 0.6) is 0 Å². The Labute approximate surface area is 484 Å². The lowest BCUT2D eigenvalue weighted by atomic mass is 10.0. The van der Waals surface area contributed by atoms with E-state index in [1.165, 1.54) is 173 Å². The van der Waals surface area contributed by atoms with Gasteiger partial charge in [-0.2, -0.15) is 0 Å². The summed E-state index contributed by atoms with van der Waals surface area (Å²) < 4.78 is 16.9. The SMILES string of the molecule is CC/C=C\C/C=C\C/C=C\C/C=C\CCCCCCC(=O)OC(COC(=O)CCCCC/C=C\C/C=C\C/C=C\CC)COC(=O)CCCCCCCCCCCCCCCCCCCCCCCCCCCCCCCC. The molecule has 0 radical (unpaired) electrons. The zero-order chi connectivity index (χ0) is 56.4. The number of allylic oxidation sites excluding steroid dienone is 14. The van der Waals surface area contributed by atoms with Crippen molar-refractivity contribution in [1.29, 1.82) is 0 Å². The van der Waals surface area contributed by atoms with Crippen LogP contribution in [0.1, 0.15) is 335 Å². The summed E-state index contributed by atoms with van der Waals surface area (Å²) >= 11 is 0. The molecule has 6 nitrogen and oxygen atoms in total. The highest BCUT2D eigenvalue weighted by atomic mass is 16.6. The fourth-order valence-corrected chi connectivity index (χ4v) is 9.69. The van der Waals surface area contributed by atoms with Crippen LogP contribution < -0.4 is 0 Å². The van der Waals surface area contributed by atoms with Crippen molar-refractivity contribution in [2.45, 2.75) is 341 Å². The average Bonchev–Trinajstić information content (AvgIpc) is 3.44. The van der Waals surface area contributed by atoms with Gasteiger partial charge < -0.3 is 14.2 Å². The van der Waals surface area contributed by atoms with Gasteiger partial charge in [-0.05, 0) is 89.9 Å². The maximum atomic E-state index is 12.9. The molecule has 0 saturated heterocycles. The van der Waals surface area contributed by atoms with Crippen LogP contribution in [0, 0.1) is 0 Å². The highest BCUT2D eigenvalue weighted by Gasteiger charge is 2.19. The normalized spacial score (nSPS) is 12.6. The molecule has 450 valence electrons. The molecule has 0 aliphatic heterocycles. The molecular formula is C72H126O6. The lowest BCUT2D eigenvalue weighted by Crippen LogP contribution is -2.30. The minimum atomic E-state index is -0.802. The second-order valence-electron chi connectivity index (χ2n) is 22.3. The average molecular weight is 1090 g/mol. The van der Waals surface area contributed by atoms with Crippen molar-refractivity contribution in [3.63, 3.8) is 0 Å². The third kappa shape index (κ3) is 63.4. The summed E-state index contributed by atoms with van der Waals surface area (Å²) in [7, 11) is 0. The standard InChI is InChI=1S/C72H126O6/c1-4-7-10-13-16-19-22-25-27-29-30-31-32-33-34-35-36-37-38-39-40-41-43-44-47-50-53-56-59-62-65-71(74)77-68-69(67-76-70(73)64-61-58-55-52-49-46-24-21-18-15-12-9-6-3)78-72(75)66-63-60-57-54-51-48-45-42-28-26-23-20-17-14-11-8-5-2/h8-9,11-12,17-18,20-21,26,28,45-46,48-49,69H,4-7,10,13-16,19,22-25,27,29-44,47,50-68H2,1-3H3/b11-8-,12-9-,20-17-,21-18-,28-26-,48-45-,49-46-. The molecule has 0 bridgehead atoms. The Morgan fingerprint density at radius 1 is 0.269 bits per heavy atom. The molecule has 0 heterocycles. The quantitative estimate of drug-likeness (QED) is 0.0261. The van der Waals surface area contributed by atoms with Crippen molar-refractivity contribution in [3.8, 4) is 0 Å². The van der Waals surface area contributed by atoms with Crippen molar-refractivity contribution in [2.24, 2.45) is 0 Å². The molecular weight excluding hydrogens is 961 g/mol. The van der Waals surface area contributed by atoms with Crippen molar-refractivity contribution >= 4 is 17.9 Å². The Hall–Kier alpha value is -3.41. The van der Waals surface area contributed by atoms with Gasteiger partial charge in [0.25, 0.3) is 0 Å². The summed E-state index contributed by atoms with van der Waals surface area (Å²) in [5.41, 5.74) is 0. The van der Waals surface area contributed by atoms with Crippen molar-refractivity contribution in [2.75, 3.05) is 13.2 Å². The summed E-state index contributed by atoms with van der Waals surface area (Å²) in [5, 5.41) is 0. The Kier molecular flexibility index (Phi) is 63.2. The van der Waals surface area contributed by atoms with Crippen LogP contribution in [0.2, 0.25) is 0 Å². The van der Waals surface area contributed by atoms with E-state index in [0.29, 0.717) is 19.3 Å². The molecule has 1 unspecified atom stereocenters. The van der Waals surface area contributed by atoms with Crippen molar-refractivity contribution in [1.82, 2.24) is 0 Å². The van der Waals surface area contributed by atoms with E-state index in [-0.39, 0.29) is 31.1 Å². The Balaban J connectivity index is 4.21. The van der Waals surface area contributed by atoms with Crippen LogP contribution >= 0.6 is 0 Å². The molecule has 0 spiro atoms. The van der Waals surface area contributed by atoms with Crippen LogP contribution in [0.15, 0.2) is 85.1 Å². The fraction of sp³-hybridized carbons (Fsp3) is 0.764. The molecule has 0 N–H and O–H groups in total. The molecule has 0 saturated carbocycles. The third-order valence-electron chi connectivity index (χ3n) is 14.6. The predicted molar refractivity (Wildman–Crippen MR) is 339 cm³/mol. The minimum Gasteiger partial charge on any atom is -0.462 e. The summed E-state index contributed by atoms with van der Waals surface area (Å²) in [5.74, 6) is -0.936. The van der Waals surface area contributed by atoms with E-state index < -0.39 is 6.10 Å². The fourth-order valence-electron chi connectivity index (χ4n) is 9.69. The van der Waals surface area contributed by atoms with Crippen molar-refractivity contribution < 1.29 is 28.6 Å². The highest BCUT2D eigenvalue weighted by Crippen LogP contribution is 2.18. The Bertz CT molecular complexity index is 1480. The van der Waals surface area contributed by atoms with Gasteiger partial charge in [-0.25, -0.2) is 0 Å². The Morgan fingerprint density at radius 2 is 0.500 bits per heavy atom. The molecule has 78 heavy (non-hydrogen) atoms.